The van der Waals surface area contributed by atoms with Crippen LogP contribution in [0.5, 0.6) is 11.5 Å². The van der Waals surface area contributed by atoms with Gasteiger partial charge in [-0.15, -0.1) is 11.6 Å². The van der Waals surface area contributed by atoms with Crippen molar-refractivity contribution in [3.05, 3.63) is 29.5 Å². The first-order chi connectivity index (χ1) is 9.40. The highest BCUT2D eigenvalue weighted by Crippen LogP contribution is 2.43. The lowest BCUT2D eigenvalue weighted by molar-refractivity contribution is 0.225. The van der Waals surface area contributed by atoms with Crippen LogP contribution in [0.25, 0.3) is 10.9 Å². The first kappa shape index (κ1) is 14.0. The third-order valence-corrected chi connectivity index (χ3v) is 4.42. The summed E-state index contributed by atoms with van der Waals surface area (Å²) in [5.41, 5.74) is 3.03. The number of halogens is 2. The van der Waals surface area contributed by atoms with E-state index in [1.165, 1.54) is 0 Å². The monoisotopic (exact) mass is 355 g/mol. The van der Waals surface area contributed by atoms with E-state index in [1.807, 2.05) is 32.0 Å². The van der Waals surface area contributed by atoms with Gasteiger partial charge < -0.3 is 9.47 Å². The minimum absolute atomic E-state index is 0.114. The average molecular weight is 357 g/mol. The molecule has 0 unspecified atom stereocenters. The molecule has 0 fully saturated rings. The molecule has 1 aromatic carbocycles. The van der Waals surface area contributed by atoms with Crippen LogP contribution in [0.2, 0.25) is 0 Å². The molecule has 2 aromatic rings. The highest BCUT2D eigenvalue weighted by Gasteiger charge is 2.38. The Balaban J connectivity index is 2.18. The van der Waals surface area contributed by atoms with Crippen molar-refractivity contribution in [1.82, 2.24) is 4.98 Å². The lowest BCUT2D eigenvalue weighted by Crippen LogP contribution is -2.31. The van der Waals surface area contributed by atoms with Crippen molar-refractivity contribution in [1.29, 1.82) is 0 Å². The molecule has 0 saturated carbocycles. The SMILES string of the molecule is COc1ccc2nc(C)c3c(c2c1)O[C@H]([C@](C)(Cl)Br)C3. The highest BCUT2D eigenvalue weighted by molar-refractivity contribution is 9.10. The van der Waals surface area contributed by atoms with Crippen molar-refractivity contribution < 1.29 is 9.47 Å². The van der Waals surface area contributed by atoms with Crippen molar-refractivity contribution in [3.8, 4) is 11.5 Å². The molecule has 2 atom stereocenters. The van der Waals surface area contributed by atoms with E-state index < -0.39 is 3.78 Å². The van der Waals surface area contributed by atoms with Crippen LogP contribution in [0.15, 0.2) is 18.2 Å². The molecule has 1 aliphatic rings. The molecule has 20 heavy (non-hydrogen) atoms. The van der Waals surface area contributed by atoms with Crippen LogP contribution in [-0.4, -0.2) is 22.0 Å². The summed E-state index contributed by atoms with van der Waals surface area (Å²) in [4.78, 5) is 4.65. The quantitative estimate of drug-likeness (QED) is 0.756. The number of alkyl halides is 2. The second-order valence-corrected chi connectivity index (χ2v) is 8.04. The molecule has 1 aliphatic heterocycles. The number of fused-ring (bicyclic) bond motifs is 3. The summed E-state index contributed by atoms with van der Waals surface area (Å²) in [5, 5.41) is 0.973. The Bertz CT molecular complexity index is 682. The third kappa shape index (κ3) is 2.25. The fourth-order valence-corrected chi connectivity index (χ4v) is 2.90. The van der Waals surface area contributed by atoms with Crippen molar-refractivity contribution in [3.63, 3.8) is 0 Å². The number of hydrogen-bond acceptors (Lipinski definition) is 3. The molecule has 0 bridgehead atoms. The Kier molecular flexibility index (Phi) is 3.33. The lowest BCUT2D eigenvalue weighted by Gasteiger charge is -2.21. The van der Waals surface area contributed by atoms with Gasteiger partial charge in [0.15, 0.2) is 0 Å². The summed E-state index contributed by atoms with van der Waals surface area (Å²) in [6.07, 6.45) is 0.642. The Labute approximate surface area is 131 Å². The van der Waals surface area contributed by atoms with E-state index in [9.17, 15) is 0 Å². The predicted molar refractivity (Wildman–Crippen MR) is 84.3 cm³/mol. The van der Waals surface area contributed by atoms with E-state index in [0.29, 0.717) is 0 Å². The van der Waals surface area contributed by atoms with E-state index in [4.69, 9.17) is 21.1 Å². The van der Waals surface area contributed by atoms with Gasteiger partial charge in [-0.2, -0.15) is 0 Å². The van der Waals surface area contributed by atoms with Crippen LogP contribution >= 0.6 is 27.5 Å². The summed E-state index contributed by atoms with van der Waals surface area (Å²) < 4.78 is 10.8. The van der Waals surface area contributed by atoms with Gasteiger partial charge in [0.2, 0.25) is 0 Å². The molecule has 0 radical (unpaired) electrons. The van der Waals surface area contributed by atoms with Gasteiger partial charge in [-0.05, 0) is 32.0 Å². The Morgan fingerprint density at radius 1 is 1.50 bits per heavy atom. The second-order valence-electron chi connectivity index (χ2n) is 5.15. The number of rotatable bonds is 2. The topological polar surface area (TPSA) is 31.4 Å². The van der Waals surface area contributed by atoms with E-state index in [2.05, 4.69) is 20.9 Å². The molecule has 3 rings (SSSR count). The third-order valence-electron chi connectivity index (χ3n) is 3.66. The van der Waals surface area contributed by atoms with E-state index in [1.54, 1.807) is 7.11 Å². The van der Waals surface area contributed by atoms with Crippen LogP contribution in [0.1, 0.15) is 18.2 Å². The largest absolute Gasteiger partial charge is 0.497 e. The molecule has 0 spiro atoms. The molecular formula is C15H15BrClNO2. The van der Waals surface area contributed by atoms with Crippen molar-refractivity contribution >= 4 is 38.4 Å². The maximum Gasteiger partial charge on any atom is 0.134 e. The van der Waals surface area contributed by atoms with Gasteiger partial charge >= 0.3 is 0 Å². The maximum absolute atomic E-state index is 6.34. The van der Waals surface area contributed by atoms with Crippen LogP contribution in [0.3, 0.4) is 0 Å². The fraction of sp³-hybridized carbons (Fsp3) is 0.400. The number of methoxy groups -OCH3 is 1. The minimum Gasteiger partial charge on any atom is -0.497 e. The van der Waals surface area contributed by atoms with Crippen molar-refractivity contribution in [2.75, 3.05) is 7.11 Å². The lowest BCUT2D eigenvalue weighted by atomic mass is 10.0. The predicted octanol–water partition coefficient (Wildman–Crippen LogP) is 4.21. The first-order valence-corrected chi connectivity index (χ1v) is 7.59. The smallest absolute Gasteiger partial charge is 0.134 e. The fourth-order valence-electron chi connectivity index (χ4n) is 2.52. The zero-order valence-electron chi connectivity index (χ0n) is 11.5. The minimum atomic E-state index is -0.594. The molecule has 0 saturated heterocycles. The molecule has 3 nitrogen and oxygen atoms in total. The number of aryl methyl sites for hydroxylation is 1. The van der Waals surface area contributed by atoms with Gasteiger partial charge in [-0.3, -0.25) is 4.98 Å². The van der Waals surface area contributed by atoms with Gasteiger partial charge in [-0.1, -0.05) is 15.9 Å². The number of benzene rings is 1. The Hall–Kier alpha value is -1.000. The molecule has 2 heterocycles. The number of pyridine rings is 1. The van der Waals surface area contributed by atoms with Crippen LogP contribution in [0, 0.1) is 6.92 Å². The van der Waals surface area contributed by atoms with Gasteiger partial charge in [0, 0.05) is 23.1 Å². The molecule has 1 aromatic heterocycles. The average Bonchev–Trinajstić information content (AvgIpc) is 2.84. The Morgan fingerprint density at radius 3 is 2.90 bits per heavy atom. The zero-order valence-corrected chi connectivity index (χ0v) is 13.9. The summed E-state index contributed by atoms with van der Waals surface area (Å²) in [6.45, 7) is 3.91. The number of aromatic nitrogens is 1. The summed E-state index contributed by atoms with van der Waals surface area (Å²) in [5.74, 6) is 1.67. The Morgan fingerprint density at radius 2 is 2.25 bits per heavy atom. The van der Waals surface area contributed by atoms with E-state index in [-0.39, 0.29) is 6.10 Å². The molecule has 5 heteroatoms. The first-order valence-electron chi connectivity index (χ1n) is 6.42. The zero-order chi connectivity index (χ0) is 14.5. The summed E-state index contributed by atoms with van der Waals surface area (Å²) in [7, 11) is 1.65. The van der Waals surface area contributed by atoms with Crippen LogP contribution in [0.4, 0.5) is 0 Å². The molecular weight excluding hydrogens is 342 g/mol. The second kappa shape index (κ2) is 4.78. The van der Waals surface area contributed by atoms with E-state index in [0.717, 1.165) is 40.1 Å². The van der Waals surface area contributed by atoms with Gasteiger partial charge in [0.1, 0.15) is 21.4 Å². The van der Waals surface area contributed by atoms with Crippen LogP contribution in [-0.2, 0) is 6.42 Å². The normalized spacial score (nSPS) is 20.4. The number of hydrogen-bond donors (Lipinski definition) is 0. The van der Waals surface area contributed by atoms with Crippen LogP contribution < -0.4 is 9.47 Å². The standard InChI is InChI=1S/C15H15BrClNO2/c1-8-10-7-13(15(2,16)17)20-14(10)11-6-9(19-3)4-5-12(11)18-8/h4-6,13H,7H2,1-3H3/t13-,15-/m0/s1. The molecule has 0 aliphatic carbocycles. The van der Waals surface area contributed by atoms with Gasteiger partial charge in [0.05, 0.1) is 12.6 Å². The number of nitrogens with zero attached hydrogens (tertiary/aromatic N) is 1. The summed E-state index contributed by atoms with van der Waals surface area (Å²) in [6, 6.07) is 5.82. The molecule has 0 amide bonds. The van der Waals surface area contributed by atoms with E-state index >= 15 is 0 Å². The summed E-state index contributed by atoms with van der Waals surface area (Å²) >= 11 is 9.81. The molecule has 106 valence electrons. The van der Waals surface area contributed by atoms with Crippen molar-refractivity contribution in [2.45, 2.75) is 30.2 Å². The van der Waals surface area contributed by atoms with Gasteiger partial charge in [0.25, 0.3) is 0 Å². The van der Waals surface area contributed by atoms with Gasteiger partial charge in [-0.25, -0.2) is 0 Å². The number of ether oxygens (including phenoxy) is 2. The maximum atomic E-state index is 6.34. The molecule has 0 N–H and O–H groups in total. The van der Waals surface area contributed by atoms with Crippen molar-refractivity contribution in [2.24, 2.45) is 0 Å². The highest BCUT2D eigenvalue weighted by atomic mass is 79.9.